The van der Waals surface area contributed by atoms with Gasteiger partial charge in [-0.1, -0.05) is 6.92 Å². The molecule has 0 aromatic carbocycles. The van der Waals surface area contributed by atoms with Crippen molar-refractivity contribution in [1.82, 2.24) is 14.3 Å². The average molecular weight is 260 g/mol. The van der Waals surface area contributed by atoms with Crippen molar-refractivity contribution in [1.29, 1.82) is 0 Å². The van der Waals surface area contributed by atoms with Crippen molar-refractivity contribution in [3.8, 4) is 0 Å². The normalized spacial score (nSPS) is 11.9. The predicted octanol–water partition coefficient (Wildman–Crippen LogP) is 0.229. The highest BCUT2D eigenvalue weighted by Gasteiger charge is 2.18. The average Bonchev–Trinajstić information content (AvgIpc) is 2.62. The topological polar surface area (TPSA) is 90.0 Å². The van der Waals surface area contributed by atoms with E-state index in [9.17, 15) is 8.42 Å². The van der Waals surface area contributed by atoms with Gasteiger partial charge in [0.25, 0.3) is 10.0 Å². The number of aromatic nitrogens is 2. The maximum atomic E-state index is 11.8. The van der Waals surface area contributed by atoms with Crippen LogP contribution in [-0.2, 0) is 16.6 Å². The molecule has 0 aliphatic rings. The number of nitrogens with two attached hydrogens (primary N) is 1. The van der Waals surface area contributed by atoms with Crippen molar-refractivity contribution in [2.45, 2.75) is 38.3 Å². The molecule has 0 saturated carbocycles. The number of hydrogen-bond donors (Lipinski definition) is 2. The van der Waals surface area contributed by atoms with Gasteiger partial charge in [0.05, 0.1) is 0 Å². The van der Waals surface area contributed by atoms with E-state index in [2.05, 4.69) is 9.71 Å². The van der Waals surface area contributed by atoms with Crippen LogP contribution >= 0.6 is 0 Å². The zero-order valence-electron chi connectivity index (χ0n) is 10.3. The van der Waals surface area contributed by atoms with Gasteiger partial charge in [-0.2, -0.15) is 0 Å². The Labute approximate surface area is 102 Å². The third-order valence-electron chi connectivity index (χ3n) is 2.37. The van der Waals surface area contributed by atoms with Gasteiger partial charge in [0, 0.05) is 19.3 Å². The van der Waals surface area contributed by atoms with Gasteiger partial charge < -0.3 is 10.3 Å². The minimum absolute atomic E-state index is 0.0838. The van der Waals surface area contributed by atoms with E-state index in [4.69, 9.17) is 5.73 Å². The molecule has 7 heteroatoms. The summed E-state index contributed by atoms with van der Waals surface area (Å²) in [5.74, 6) is 0.714. The standard InChI is InChI=1S/C10H20N4O2S/c1-3-7-14-8-10(13-9(14)2)17(15,16)12-6-4-5-11/h8,12H,3-7,11H2,1-2H3. The molecule has 0 fully saturated rings. The van der Waals surface area contributed by atoms with Gasteiger partial charge in [0.15, 0.2) is 5.03 Å². The molecule has 3 N–H and O–H groups in total. The summed E-state index contributed by atoms with van der Waals surface area (Å²) < 4.78 is 28.0. The van der Waals surface area contributed by atoms with Crippen molar-refractivity contribution in [2.24, 2.45) is 5.73 Å². The Balaban J connectivity index is 2.80. The molecule has 0 unspecified atom stereocenters. The molecule has 0 bridgehead atoms. The molecule has 1 aromatic heterocycles. The lowest BCUT2D eigenvalue weighted by molar-refractivity contribution is 0.576. The van der Waals surface area contributed by atoms with E-state index < -0.39 is 10.0 Å². The van der Waals surface area contributed by atoms with Crippen molar-refractivity contribution < 1.29 is 8.42 Å². The lowest BCUT2D eigenvalue weighted by Gasteiger charge is -2.02. The molecule has 0 aliphatic heterocycles. The quantitative estimate of drug-likeness (QED) is 0.687. The lowest BCUT2D eigenvalue weighted by Crippen LogP contribution is -2.26. The fourth-order valence-electron chi connectivity index (χ4n) is 1.46. The zero-order chi connectivity index (χ0) is 12.9. The second-order valence-electron chi connectivity index (χ2n) is 3.86. The number of aryl methyl sites for hydroxylation is 2. The van der Waals surface area contributed by atoms with Gasteiger partial charge in [0.2, 0.25) is 0 Å². The molecule has 1 heterocycles. The summed E-state index contributed by atoms with van der Waals surface area (Å²) >= 11 is 0. The van der Waals surface area contributed by atoms with Crippen LogP contribution in [0.1, 0.15) is 25.6 Å². The molecule has 0 radical (unpaired) electrons. The van der Waals surface area contributed by atoms with Gasteiger partial charge in [-0.15, -0.1) is 0 Å². The smallest absolute Gasteiger partial charge is 0.259 e. The Morgan fingerprint density at radius 3 is 2.82 bits per heavy atom. The highest BCUT2D eigenvalue weighted by Crippen LogP contribution is 2.09. The number of hydrogen-bond acceptors (Lipinski definition) is 4. The Kier molecular flexibility index (Phi) is 5.10. The first-order valence-corrected chi connectivity index (χ1v) is 7.23. The van der Waals surface area contributed by atoms with Crippen molar-refractivity contribution in [3.63, 3.8) is 0 Å². The minimum atomic E-state index is -3.49. The van der Waals surface area contributed by atoms with Crippen LogP contribution in [0.25, 0.3) is 0 Å². The van der Waals surface area contributed by atoms with Crippen LogP contribution in [0.3, 0.4) is 0 Å². The van der Waals surface area contributed by atoms with Crippen molar-refractivity contribution in [2.75, 3.05) is 13.1 Å². The monoisotopic (exact) mass is 260 g/mol. The van der Waals surface area contributed by atoms with Crippen LogP contribution in [0.4, 0.5) is 0 Å². The first-order valence-electron chi connectivity index (χ1n) is 5.74. The number of sulfonamides is 1. The van der Waals surface area contributed by atoms with Crippen LogP contribution in [-0.4, -0.2) is 31.1 Å². The van der Waals surface area contributed by atoms with Crippen LogP contribution in [0.2, 0.25) is 0 Å². The molecule has 17 heavy (non-hydrogen) atoms. The lowest BCUT2D eigenvalue weighted by atomic mass is 10.4. The second-order valence-corrected chi connectivity index (χ2v) is 5.57. The van der Waals surface area contributed by atoms with E-state index in [0.29, 0.717) is 25.3 Å². The summed E-state index contributed by atoms with van der Waals surface area (Å²) in [7, 11) is -3.49. The summed E-state index contributed by atoms with van der Waals surface area (Å²) in [5, 5.41) is 0.0838. The van der Waals surface area contributed by atoms with Gasteiger partial charge in [-0.05, 0) is 26.3 Å². The van der Waals surface area contributed by atoms with Gasteiger partial charge in [-0.3, -0.25) is 0 Å². The van der Waals surface area contributed by atoms with E-state index in [1.165, 1.54) is 0 Å². The fraction of sp³-hybridized carbons (Fsp3) is 0.700. The molecule has 6 nitrogen and oxygen atoms in total. The molecule has 0 amide bonds. The Bertz CT molecular complexity index is 453. The molecule has 0 atom stereocenters. The minimum Gasteiger partial charge on any atom is -0.334 e. The van der Waals surface area contributed by atoms with Gasteiger partial charge in [0.1, 0.15) is 5.82 Å². The number of imidazole rings is 1. The zero-order valence-corrected chi connectivity index (χ0v) is 11.1. The summed E-state index contributed by atoms with van der Waals surface area (Å²) in [4.78, 5) is 4.06. The maximum Gasteiger partial charge on any atom is 0.259 e. The molecule has 1 aromatic rings. The van der Waals surface area contributed by atoms with Crippen LogP contribution < -0.4 is 10.5 Å². The van der Waals surface area contributed by atoms with Crippen molar-refractivity contribution >= 4 is 10.0 Å². The molecule has 98 valence electrons. The third-order valence-corrected chi connectivity index (χ3v) is 3.70. The van der Waals surface area contributed by atoms with E-state index >= 15 is 0 Å². The highest BCUT2D eigenvalue weighted by atomic mass is 32.2. The van der Waals surface area contributed by atoms with E-state index in [1.807, 2.05) is 11.5 Å². The Morgan fingerprint density at radius 1 is 1.53 bits per heavy atom. The molecule has 0 aliphatic carbocycles. The molecule has 0 spiro atoms. The SMILES string of the molecule is CCCn1cc(S(=O)(=O)NCCCN)nc1C. The van der Waals surface area contributed by atoms with E-state index in [0.717, 1.165) is 13.0 Å². The first-order chi connectivity index (χ1) is 8.01. The molecule has 1 rings (SSSR count). The molecular formula is C10H20N4O2S. The summed E-state index contributed by atoms with van der Waals surface area (Å²) in [6.07, 6.45) is 3.13. The number of nitrogens with one attached hydrogen (secondary N) is 1. The summed E-state index contributed by atoms with van der Waals surface area (Å²) in [5.41, 5.74) is 5.31. The largest absolute Gasteiger partial charge is 0.334 e. The fourth-order valence-corrected chi connectivity index (χ4v) is 2.54. The Hall–Kier alpha value is -0.920. The van der Waals surface area contributed by atoms with Crippen molar-refractivity contribution in [3.05, 3.63) is 12.0 Å². The summed E-state index contributed by atoms with van der Waals surface area (Å²) in [6, 6.07) is 0. The molecule has 0 saturated heterocycles. The highest BCUT2D eigenvalue weighted by molar-refractivity contribution is 7.89. The van der Waals surface area contributed by atoms with Crippen LogP contribution in [0.5, 0.6) is 0 Å². The summed E-state index contributed by atoms with van der Waals surface area (Å²) in [6.45, 7) is 5.42. The number of rotatable bonds is 7. The van der Waals surface area contributed by atoms with Crippen LogP contribution in [0.15, 0.2) is 11.2 Å². The second kappa shape index (κ2) is 6.13. The first kappa shape index (κ1) is 14.1. The third kappa shape index (κ3) is 3.79. The maximum absolute atomic E-state index is 11.8. The van der Waals surface area contributed by atoms with Gasteiger partial charge >= 0.3 is 0 Å². The number of nitrogens with zero attached hydrogens (tertiary/aromatic N) is 2. The predicted molar refractivity (Wildman–Crippen MR) is 66.1 cm³/mol. The van der Waals surface area contributed by atoms with E-state index in [-0.39, 0.29) is 5.03 Å². The van der Waals surface area contributed by atoms with Gasteiger partial charge in [-0.25, -0.2) is 18.1 Å². The molecular weight excluding hydrogens is 240 g/mol. The van der Waals surface area contributed by atoms with Crippen LogP contribution in [0, 0.1) is 6.92 Å². The Morgan fingerprint density at radius 2 is 2.24 bits per heavy atom. The van der Waals surface area contributed by atoms with E-state index in [1.54, 1.807) is 13.1 Å².